The first-order valence-corrected chi connectivity index (χ1v) is 5.30. The molecule has 0 spiro atoms. The number of nitrogens with one attached hydrogen (secondary N) is 1. The van der Waals surface area contributed by atoms with Crippen LogP contribution in [0.5, 0.6) is 0 Å². The van der Waals surface area contributed by atoms with E-state index in [1.54, 1.807) is 17.5 Å². The van der Waals surface area contributed by atoms with Crippen LogP contribution in [0.4, 0.5) is 0 Å². The topological polar surface area (TPSA) is 67.6 Å². The molecule has 0 aliphatic rings. The lowest BCUT2D eigenvalue weighted by atomic mass is 10.1. The first kappa shape index (κ1) is 9.64. The smallest absolute Gasteiger partial charge is 0.0995 e. The zero-order valence-corrected chi connectivity index (χ0v) is 8.85. The molecule has 0 bridgehead atoms. The summed E-state index contributed by atoms with van der Waals surface area (Å²) in [5.41, 5.74) is 6.69. The van der Waals surface area contributed by atoms with Crippen molar-refractivity contribution >= 4 is 22.9 Å². The second kappa shape index (κ2) is 4.08. The maximum atomic E-state index is 5.92. The number of aromatic amines is 1. The normalized spacial score (nSPS) is 13.0. The Bertz CT molecular complexity index is 397. The van der Waals surface area contributed by atoms with Gasteiger partial charge in [0.05, 0.1) is 22.3 Å². The zero-order chi connectivity index (χ0) is 9.97. The van der Waals surface area contributed by atoms with Crippen LogP contribution < -0.4 is 5.73 Å². The molecule has 0 amide bonds. The number of H-pyrrole nitrogens is 1. The van der Waals surface area contributed by atoms with E-state index in [1.807, 2.05) is 12.1 Å². The molecule has 3 N–H and O–H groups in total. The molecule has 74 valence electrons. The van der Waals surface area contributed by atoms with Crippen molar-refractivity contribution in [2.24, 2.45) is 5.73 Å². The van der Waals surface area contributed by atoms with E-state index in [9.17, 15) is 0 Å². The molecule has 2 aromatic heterocycles. The first-order chi connectivity index (χ1) is 6.75. The Morgan fingerprint density at radius 3 is 3.00 bits per heavy atom. The fourth-order valence-electron chi connectivity index (χ4n) is 1.17. The SMILES string of the molecule is NC(Cc1ccc(Cl)s1)c1cn[nH]n1. The Morgan fingerprint density at radius 1 is 1.57 bits per heavy atom. The van der Waals surface area contributed by atoms with Gasteiger partial charge in [-0.25, -0.2) is 0 Å². The second-order valence-corrected chi connectivity index (χ2v) is 4.71. The lowest BCUT2D eigenvalue weighted by Gasteiger charge is -2.04. The quantitative estimate of drug-likeness (QED) is 0.841. The van der Waals surface area contributed by atoms with Gasteiger partial charge in [-0.05, 0) is 12.1 Å². The predicted molar refractivity (Wildman–Crippen MR) is 56.3 cm³/mol. The van der Waals surface area contributed by atoms with Crippen LogP contribution in [-0.2, 0) is 6.42 Å². The summed E-state index contributed by atoms with van der Waals surface area (Å²) in [6.45, 7) is 0. The van der Waals surface area contributed by atoms with Gasteiger partial charge in [-0.1, -0.05) is 11.6 Å². The van der Waals surface area contributed by atoms with Gasteiger partial charge in [-0.2, -0.15) is 15.4 Å². The lowest BCUT2D eigenvalue weighted by Crippen LogP contribution is -2.13. The summed E-state index contributed by atoms with van der Waals surface area (Å²) in [6.07, 6.45) is 2.38. The van der Waals surface area contributed by atoms with Gasteiger partial charge in [-0.3, -0.25) is 0 Å². The average molecular weight is 229 g/mol. The van der Waals surface area contributed by atoms with Gasteiger partial charge >= 0.3 is 0 Å². The molecule has 0 aromatic carbocycles. The summed E-state index contributed by atoms with van der Waals surface area (Å²) >= 11 is 7.35. The van der Waals surface area contributed by atoms with Gasteiger partial charge in [0.25, 0.3) is 0 Å². The maximum Gasteiger partial charge on any atom is 0.0995 e. The molecule has 2 rings (SSSR count). The Morgan fingerprint density at radius 2 is 2.43 bits per heavy atom. The van der Waals surface area contributed by atoms with E-state index in [-0.39, 0.29) is 6.04 Å². The molecular formula is C8H9ClN4S. The molecule has 0 aliphatic carbocycles. The van der Waals surface area contributed by atoms with Gasteiger partial charge in [-0.15, -0.1) is 11.3 Å². The van der Waals surface area contributed by atoms with Crippen LogP contribution in [-0.4, -0.2) is 15.4 Å². The Kier molecular flexibility index (Phi) is 2.81. The number of hydrogen-bond donors (Lipinski definition) is 2. The van der Waals surface area contributed by atoms with Crippen LogP contribution in [0.25, 0.3) is 0 Å². The first-order valence-electron chi connectivity index (χ1n) is 4.11. The van der Waals surface area contributed by atoms with Crippen molar-refractivity contribution in [3.05, 3.63) is 33.2 Å². The molecule has 0 saturated heterocycles. The van der Waals surface area contributed by atoms with Crippen LogP contribution in [0.1, 0.15) is 16.6 Å². The van der Waals surface area contributed by atoms with E-state index in [0.717, 1.165) is 21.3 Å². The molecule has 2 aromatic rings. The van der Waals surface area contributed by atoms with Crippen molar-refractivity contribution in [1.82, 2.24) is 15.4 Å². The van der Waals surface area contributed by atoms with Crippen molar-refractivity contribution in [2.45, 2.75) is 12.5 Å². The minimum atomic E-state index is -0.122. The van der Waals surface area contributed by atoms with Crippen LogP contribution >= 0.6 is 22.9 Å². The zero-order valence-electron chi connectivity index (χ0n) is 7.27. The molecule has 0 radical (unpaired) electrons. The highest BCUT2D eigenvalue weighted by Gasteiger charge is 2.10. The molecule has 0 aliphatic heterocycles. The Balaban J connectivity index is 2.05. The molecular weight excluding hydrogens is 220 g/mol. The van der Waals surface area contributed by atoms with Crippen LogP contribution in [0.15, 0.2) is 18.3 Å². The summed E-state index contributed by atoms with van der Waals surface area (Å²) in [7, 11) is 0. The molecule has 4 nitrogen and oxygen atoms in total. The van der Waals surface area contributed by atoms with Crippen molar-refractivity contribution in [1.29, 1.82) is 0 Å². The summed E-state index contributed by atoms with van der Waals surface area (Å²) in [4.78, 5) is 1.16. The average Bonchev–Trinajstić information content (AvgIpc) is 2.75. The number of rotatable bonds is 3. The van der Waals surface area contributed by atoms with E-state index in [1.165, 1.54) is 0 Å². The molecule has 6 heteroatoms. The second-order valence-electron chi connectivity index (χ2n) is 2.91. The molecule has 0 saturated carbocycles. The number of halogens is 1. The van der Waals surface area contributed by atoms with Gasteiger partial charge in [0.1, 0.15) is 0 Å². The highest BCUT2D eigenvalue weighted by Crippen LogP contribution is 2.24. The van der Waals surface area contributed by atoms with Gasteiger partial charge in [0.2, 0.25) is 0 Å². The molecule has 1 atom stereocenters. The Hall–Kier alpha value is -0.910. The minimum absolute atomic E-state index is 0.122. The summed E-state index contributed by atoms with van der Waals surface area (Å²) in [5, 5.41) is 10.2. The summed E-state index contributed by atoms with van der Waals surface area (Å²) in [6, 6.07) is 3.73. The van der Waals surface area contributed by atoms with Gasteiger partial charge in [0.15, 0.2) is 0 Å². The fourth-order valence-corrected chi connectivity index (χ4v) is 2.32. The number of thiophene rings is 1. The third-order valence-electron chi connectivity index (χ3n) is 1.86. The number of nitrogens with zero attached hydrogens (tertiary/aromatic N) is 2. The van der Waals surface area contributed by atoms with E-state index in [0.29, 0.717) is 0 Å². The van der Waals surface area contributed by atoms with Crippen LogP contribution in [0, 0.1) is 0 Å². The molecule has 2 heterocycles. The van der Waals surface area contributed by atoms with Crippen molar-refractivity contribution in [3.63, 3.8) is 0 Å². The van der Waals surface area contributed by atoms with E-state index < -0.39 is 0 Å². The van der Waals surface area contributed by atoms with Crippen molar-refractivity contribution in [3.8, 4) is 0 Å². The third-order valence-corrected chi connectivity index (χ3v) is 3.12. The largest absolute Gasteiger partial charge is 0.322 e. The molecule has 0 fully saturated rings. The van der Waals surface area contributed by atoms with E-state index >= 15 is 0 Å². The number of aromatic nitrogens is 3. The highest BCUT2D eigenvalue weighted by molar-refractivity contribution is 7.16. The van der Waals surface area contributed by atoms with Gasteiger partial charge in [0, 0.05) is 11.3 Å². The lowest BCUT2D eigenvalue weighted by molar-refractivity contribution is 0.698. The predicted octanol–water partition coefficient (Wildman–Crippen LogP) is 1.76. The standard InChI is InChI=1S/C8H9ClN4S/c9-8-2-1-5(14-8)3-6(10)7-4-11-13-12-7/h1-2,4,6H,3,10H2,(H,11,12,13). The van der Waals surface area contributed by atoms with Gasteiger partial charge < -0.3 is 5.73 Å². The summed E-state index contributed by atoms with van der Waals surface area (Å²) < 4.78 is 0.785. The summed E-state index contributed by atoms with van der Waals surface area (Å²) in [5.74, 6) is 0. The third kappa shape index (κ3) is 2.12. The molecule has 1 unspecified atom stereocenters. The number of hydrogen-bond acceptors (Lipinski definition) is 4. The monoisotopic (exact) mass is 228 g/mol. The fraction of sp³-hybridized carbons (Fsp3) is 0.250. The van der Waals surface area contributed by atoms with Crippen LogP contribution in [0.2, 0.25) is 4.34 Å². The van der Waals surface area contributed by atoms with Crippen LogP contribution in [0.3, 0.4) is 0 Å². The highest BCUT2D eigenvalue weighted by atomic mass is 35.5. The maximum absolute atomic E-state index is 5.92. The van der Waals surface area contributed by atoms with Crippen molar-refractivity contribution < 1.29 is 0 Å². The molecule has 14 heavy (non-hydrogen) atoms. The van der Waals surface area contributed by atoms with E-state index in [2.05, 4.69) is 15.4 Å². The Labute approximate surface area is 90.1 Å². The van der Waals surface area contributed by atoms with E-state index in [4.69, 9.17) is 17.3 Å². The van der Waals surface area contributed by atoms with Crippen molar-refractivity contribution in [2.75, 3.05) is 0 Å². The number of nitrogens with two attached hydrogens (primary N) is 1. The minimum Gasteiger partial charge on any atom is -0.322 e.